The fourth-order valence-corrected chi connectivity index (χ4v) is 11.9. The molecule has 0 bridgehead atoms. The smallest absolute Gasteiger partial charge is 0.252 e. The molecule has 2 fully saturated rings. The summed E-state index contributed by atoms with van der Waals surface area (Å²) >= 11 is 0. The van der Waals surface area contributed by atoms with Crippen LogP contribution in [-0.2, 0) is 28.1 Å². The molecule has 0 N–H and O–H groups in total. The summed E-state index contributed by atoms with van der Waals surface area (Å²) in [5.74, 6) is 1.22. The third kappa shape index (κ3) is 9.08. The molecule has 2 aliphatic heterocycles. The summed E-state index contributed by atoms with van der Waals surface area (Å²) in [7, 11) is 0. The number of hydrogen-bond acceptors (Lipinski definition) is 2. The Morgan fingerprint density at radius 3 is 1.08 bits per heavy atom. The highest BCUT2D eigenvalue weighted by atomic mass is 15.2. The lowest BCUT2D eigenvalue weighted by Crippen LogP contribution is -2.61. The van der Waals surface area contributed by atoms with Crippen molar-refractivity contribution in [2.45, 2.75) is 208 Å². The first-order valence-corrected chi connectivity index (χ1v) is 26.2. The third-order valence-corrected chi connectivity index (χ3v) is 15.9. The van der Waals surface area contributed by atoms with Gasteiger partial charge < -0.3 is 9.80 Å². The van der Waals surface area contributed by atoms with Crippen LogP contribution in [-0.4, -0.2) is 6.71 Å². The molecule has 66 heavy (non-hydrogen) atoms. The monoisotopic (exact) mass is 879 g/mol. The molecule has 2 nitrogen and oxygen atoms in total. The molecule has 2 heterocycles. The van der Waals surface area contributed by atoms with E-state index in [1.165, 1.54) is 154 Å². The average Bonchev–Trinajstić information content (AvgIpc) is 3.24. The quantitative estimate of drug-likeness (QED) is 0.159. The van der Waals surface area contributed by atoms with E-state index in [1.54, 1.807) is 0 Å². The van der Waals surface area contributed by atoms with Crippen LogP contribution in [0.4, 0.5) is 34.1 Å². The van der Waals surface area contributed by atoms with Crippen molar-refractivity contribution >= 4 is 57.2 Å². The predicted octanol–water partition coefficient (Wildman–Crippen LogP) is 16.6. The molecule has 2 aliphatic carbocycles. The van der Waals surface area contributed by atoms with E-state index in [0.29, 0.717) is 11.8 Å². The van der Waals surface area contributed by atoms with Gasteiger partial charge in [-0.05, 0) is 175 Å². The lowest BCUT2D eigenvalue weighted by atomic mass is 9.33. The van der Waals surface area contributed by atoms with E-state index in [1.807, 2.05) is 0 Å². The first-order valence-electron chi connectivity index (χ1n) is 26.2. The minimum absolute atomic E-state index is 0.0107. The molecule has 0 saturated heterocycles. The van der Waals surface area contributed by atoms with Gasteiger partial charge in [-0.3, -0.25) is 0 Å². The van der Waals surface area contributed by atoms with Gasteiger partial charge in [-0.1, -0.05) is 179 Å². The fourth-order valence-electron chi connectivity index (χ4n) is 11.9. The van der Waals surface area contributed by atoms with Crippen molar-refractivity contribution in [1.29, 1.82) is 0 Å². The molecular formula is C63H83BN2. The number of nitrogens with zero attached hydrogens (tertiary/aromatic N) is 2. The van der Waals surface area contributed by atoms with Crippen molar-refractivity contribution in [2.75, 3.05) is 9.80 Å². The third-order valence-electron chi connectivity index (χ3n) is 15.9. The van der Waals surface area contributed by atoms with Gasteiger partial charge in [0.05, 0.1) is 0 Å². The summed E-state index contributed by atoms with van der Waals surface area (Å²) in [6.07, 6.45) is 14.2. The Labute approximate surface area is 402 Å². The second-order valence-corrected chi connectivity index (χ2v) is 26.7. The van der Waals surface area contributed by atoms with Crippen molar-refractivity contribution in [3.8, 4) is 0 Å². The maximum absolute atomic E-state index is 2.75. The lowest BCUT2D eigenvalue weighted by molar-refractivity contribution is 0.411. The molecule has 0 aromatic heterocycles. The Balaban J connectivity index is 1.41. The van der Waals surface area contributed by atoms with E-state index in [2.05, 4.69) is 199 Å². The Morgan fingerprint density at radius 2 is 0.758 bits per heavy atom. The molecule has 9 rings (SSSR count). The zero-order valence-electron chi connectivity index (χ0n) is 44.0. The SMILES string of the molecule is CC(C)(C)Cc1cc2c3c(c1)N(c1cc(C(C)(C)C)cc(C(C)(C)C)c1)c1cc(C4CCCCC4)ccc1B3c1ccc(C3CCCCC3)cc1N2c1cc(C(C)(C)C)cc(C(C)(C)C)c1. The van der Waals surface area contributed by atoms with Crippen molar-refractivity contribution in [3.63, 3.8) is 0 Å². The summed E-state index contributed by atoms with van der Waals surface area (Å²) < 4.78 is 0. The van der Waals surface area contributed by atoms with Crippen LogP contribution >= 0.6 is 0 Å². The number of fused-ring (bicyclic) bond motifs is 4. The molecule has 348 valence electrons. The Morgan fingerprint density at radius 1 is 0.409 bits per heavy atom. The molecule has 5 aromatic rings. The average molecular weight is 879 g/mol. The molecule has 0 unspecified atom stereocenters. The van der Waals surface area contributed by atoms with Crippen molar-refractivity contribution in [2.24, 2.45) is 5.41 Å². The van der Waals surface area contributed by atoms with Gasteiger partial charge in [-0.2, -0.15) is 0 Å². The highest BCUT2D eigenvalue weighted by Crippen LogP contribution is 2.49. The van der Waals surface area contributed by atoms with Crippen molar-refractivity contribution < 1.29 is 0 Å². The fraction of sp³-hybridized carbons (Fsp3) is 0.524. The van der Waals surface area contributed by atoms with Crippen molar-refractivity contribution in [1.82, 2.24) is 0 Å². The topological polar surface area (TPSA) is 6.48 Å². The molecule has 4 aliphatic rings. The number of rotatable bonds is 5. The maximum Gasteiger partial charge on any atom is 0.252 e. The van der Waals surface area contributed by atoms with Gasteiger partial charge in [-0.25, -0.2) is 0 Å². The predicted molar refractivity (Wildman–Crippen MR) is 290 cm³/mol. The van der Waals surface area contributed by atoms with Crippen LogP contribution in [0.25, 0.3) is 0 Å². The molecule has 5 aromatic carbocycles. The van der Waals surface area contributed by atoms with Crippen LogP contribution in [0.2, 0.25) is 0 Å². The van der Waals surface area contributed by atoms with Gasteiger partial charge in [0.2, 0.25) is 0 Å². The van der Waals surface area contributed by atoms with Crippen LogP contribution < -0.4 is 26.2 Å². The zero-order valence-corrected chi connectivity index (χ0v) is 44.0. The van der Waals surface area contributed by atoms with Crippen molar-refractivity contribution in [3.05, 3.63) is 124 Å². The van der Waals surface area contributed by atoms with Gasteiger partial charge in [0.1, 0.15) is 0 Å². The van der Waals surface area contributed by atoms with Crippen LogP contribution in [0.1, 0.15) is 219 Å². The summed E-state index contributed by atoms with van der Waals surface area (Å²) in [4.78, 5) is 5.50. The van der Waals surface area contributed by atoms with Gasteiger partial charge in [-0.15, -0.1) is 0 Å². The van der Waals surface area contributed by atoms with Crippen LogP contribution in [0, 0.1) is 5.41 Å². The molecular weight excluding hydrogens is 796 g/mol. The van der Waals surface area contributed by atoms with Gasteiger partial charge in [0.15, 0.2) is 0 Å². The van der Waals surface area contributed by atoms with E-state index in [-0.39, 0.29) is 33.8 Å². The molecule has 0 radical (unpaired) electrons. The summed E-state index contributed by atoms with van der Waals surface area (Å²) in [6, 6.07) is 36.0. The van der Waals surface area contributed by atoms with Gasteiger partial charge >= 0.3 is 0 Å². The van der Waals surface area contributed by atoms with Crippen LogP contribution in [0.3, 0.4) is 0 Å². The van der Waals surface area contributed by atoms with E-state index in [9.17, 15) is 0 Å². The Kier molecular flexibility index (Phi) is 11.9. The molecule has 0 amide bonds. The maximum atomic E-state index is 2.75. The first kappa shape index (κ1) is 46.9. The first-order chi connectivity index (χ1) is 30.8. The zero-order chi connectivity index (χ0) is 47.3. The summed E-state index contributed by atoms with van der Waals surface area (Å²) in [6.45, 7) is 36.0. The highest BCUT2D eigenvalue weighted by molar-refractivity contribution is 7.00. The van der Waals surface area contributed by atoms with Crippen LogP contribution in [0.5, 0.6) is 0 Å². The van der Waals surface area contributed by atoms with E-state index in [4.69, 9.17) is 0 Å². The number of anilines is 6. The second kappa shape index (κ2) is 16.8. The Hall–Kier alpha value is -4.24. The van der Waals surface area contributed by atoms with Gasteiger partial charge in [0, 0.05) is 34.1 Å². The Bertz CT molecular complexity index is 2380. The summed E-state index contributed by atoms with van der Waals surface area (Å²) in [5, 5.41) is 0. The second-order valence-electron chi connectivity index (χ2n) is 26.7. The minimum Gasteiger partial charge on any atom is -0.311 e. The van der Waals surface area contributed by atoms with E-state index in [0.717, 1.165) is 6.42 Å². The molecule has 0 atom stereocenters. The summed E-state index contributed by atoms with van der Waals surface area (Å²) in [5.41, 5.74) is 22.5. The van der Waals surface area contributed by atoms with Gasteiger partial charge in [0.25, 0.3) is 6.71 Å². The molecule has 2 saturated carbocycles. The standard InChI is InChI=1S/C63H83BN2/c1-59(2,3)40-41-30-56-58-57(31-41)66(51-38-48(62(10,11)12)35-49(39-51)63(13,14)15)55-33-45(43-24-20-17-21-25-43)27-29-53(55)64(58)52-28-26-44(42-22-18-16-19-23-42)32-54(52)65(56)50-36-46(60(4,5)6)34-47(37-50)61(7,8)9/h26-39,42-43H,16-25,40H2,1-15H3. The molecule has 3 heteroatoms. The minimum atomic E-state index is -0.0107. The van der Waals surface area contributed by atoms with Crippen LogP contribution in [0.15, 0.2) is 84.9 Å². The van der Waals surface area contributed by atoms with E-state index >= 15 is 0 Å². The molecule has 0 spiro atoms. The largest absolute Gasteiger partial charge is 0.311 e. The number of hydrogen-bond donors (Lipinski definition) is 0. The normalized spacial score (nSPS) is 17.5. The highest BCUT2D eigenvalue weighted by Gasteiger charge is 2.45. The number of benzene rings is 5. The van der Waals surface area contributed by atoms with E-state index < -0.39 is 0 Å². The lowest BCUT2D eigenvalue weighted by Gasteiger charge is -2.46.